The van der Waals surface area contributed by atoms with E-state index in [0.29, 0.717) is 6.42 Å². The number of carbonyl (C=O) groups is 2. The van der Waals surface area contributed by atoms with Crippen LogP contribution in [0.25, 0.3) is 0 Å². The fourth-order valence-electron chi connectivity index (χ4n) is 3.08. The van der Waals surface area contributed by atoms with Crippen molar-refractivity contribution in [3.63, 3.8) is 0 Å². The van der Waals surface area contributed by atoms with Gasteiger partial charge in [0.1, 0.15) is 6.61 Å². The van der Waals surface area contributed by atoms with Crippen LogP contribution < -0.4 is 0 Å². The smallest absolute Gasteiger partial charge is 0.462 e. The lowest BCUT2D eigenvalue weighted by atomic mass is 10.1. The van der Waals surface area contributed by atoms with Crippen LogP contribution in [-0.4, -0.2) is 41.0 Å². The molecule has 2 N–H and O–H groups in total. The van der Waals surface area contributed by atoms with E-state index in [0.717, 1.165) is 32.1 Å². The summed E-state index contributed by atoms with van der Waals surface area (Å²) in [5.74, 6) is -0.915. The van der Waals surface area contributed by atoms with E-state index in [1.165, 1.54) is 44.9 Å². The molecule has 0 aromatic rings. The molecule has 0 fully saturated rings. The van der Waals surface area contributed by atoms with Crippen LogP contribution in [0.1, 0.15) is 110 Å². The number of hydrogen-bond acceptors (Lipinski definition) is 6. The van der Waals surface area contributed by atoms with Gasteiger partial charge in [-0.2, -0.15) is 0 Å². The van der Waals surface area contributed by atoms with Crippen LogP contribution in [-0.2, 0) is 28.2 Å². The summed E-state index contributed by atoms with van der Waals surface area (Å²) < 4.78 is 25.6. The van der Waals surface area contributed by atoms with E-state index in [1.54, 1.807) is 0 Å². The van der Waals surface area contributed by atoms with E-state index in [2.05, 4.69) is 11.4 Å². The van der Waals surface area contributed by atoms with Crippen LogP contribution in [0.2, 0.25) is 0 Å². The third-order valence-electron chi connectivity index (χ3n) is 4.88. The minimum Gasteiger partial charge on any atom is -0.462 e. The van der Waals surface area contributed by atoms with E-state index < -0.39 is 32.5 Å². The zero-order chi connectivity index (χ0) is 23.4. The van der Waals surface area contributed by atoms with Crippen LogP contribution in [0.4, 0.5) is 0 Å². The predicted molar refractivity (Wildman–Crippen MR) is 119 cm³/mol. The molecule has 0 aromatic carbocycles. The highest BCUT2D eigenvalue weighted by Crippen LogP contribution is 2.35. The zero-order valence-corrected chi connectivity index (χ0v) is 20.3. The summed E-state index contributed by atoms with van der Waals surface area (Å²) in [6.45, 7) is 3.41. The predicted octanol–water partition coefficient (Wildman–Crippen LogP) is 5.44. The van der Waals surface area contributed by atoms with Crippen molar-refractivity contribution in [2.24, 2.45) is 0 Å². The molecule has 0 aliphatic heterocycles. The van der Waals surface area contributed by atoms with Gasteiger partial charge in [0.25, 0.3) is 0 Å². The van der Waals surface area contributed by atoms with Gasteiger partial charge in [0.05, 0.1) is 6.61 Å². The molecule has 0 aliphatic carbocycles. The Morgan fingerprint density at radius 3 is 1.71 bits per heavy atom. The average molecular weight is 467 g/mol. The summed E-state index contributed by atoms with van der Waals surface area (Å²) >= 11 is 0. The molecule has 9 heteroatoms. The van der Waals surface area contributed by atoms with Crippen molar-refractivity contribution < 1.29 is 37.9 Å². The number of ether oxygens (including phenoxy) is 2. The van der Waals surface area contributed by atoms with Crippen molar-refractivity contribution in [2.75, 3.05) is 13.2 Å². The van der Waals surface area contributed by atoms with E-state index in [9.17, 15) is 14.2 Å². The minimum atomic E-state index is -4.71. The SMILES string of the molecule is CCCCCCCCCCCCC(=O)OC[C@H](COP(=O)(O)O)OC(=O)CCCCC. The lowest BCUT2D eigenvalue weighted by Gasteiger charge is -2.18. The number of rotatable bonds is 21. The fraction of sp³-hybridized carbons (Fsp3) is 0.909. The van der Waals surface area contributed by atoms with Gasteiger partial charge in [-0.1, -0.05) is 84.5 Å². The van der Waals surface area contributed by atoms with Crippen molar-refractivity contribution in [1.82, 2.24) is 0 Å². The van der Waals surface area contributed by atoms with E-state index in [4.69, 9.17) is 19.3 Å². The zero-order valence-electron chi connectivity index (χ0n) is 19.4. The van der Waals surface area contributed by atoms with Crippen molar-refractivity contribution in [3.05, 3.63) is 0 Å². The van der Waals surface area contributed by atoms with Crippen molar-refractivity contribution in [1.29, 1.82) is 0 Å². The summed E-state index contributed by atoms with van der Waals surface area (Å²) in [6.07, 6.45) is 13.6. The number of phosphoric acid groups is 1. The number of carbonyl (C=O) groups excluding carboxylic acids is 2. The van der Waals surface area contributed by atoms with Gasteiger partial charge in [-0.15, -0.1) is 0 Å². The quantitative estimate of drug-likeness (QED) is 0.130. The largest absolute Gasteiger partial charge is 0.469 e. The van der Waals surface area contributed by atoms with Crippen molar-refractivity contribution in [2.45, 2.75) is 116 Å². The maximum absolute atomic E-state index is 11.9. The number of hydrogen-bond donors (Lipinski definition) is 2. The summed E-state index contributed by atoms with van der Waals surface area (Å²) in [7, 11) is -4.71. The normalized spacial score (nSPS) is 12.5. The Morgan fingerprint density at radius 2 is 1.16 bits per heavy atom. The molecule has 8 nitrogen and oxygen atoms in total. The molecule has 0 heterocycles. The highest BCUT2D eigenvalue weighted by atomic mass is 31.2. The molecule has 31 heavy (non-hydrogen) atoms. The first-order valence-corrected chi connectivity index (χ1v) is 13.4. The molecular formula is C22H43O8P. The molecule has 0 spiro atoms. The second-order valence-electron chi connectivity index (χ2n) is 7.97. The first-order valence-electron chi connectivity index (χ1n) is 11.8. The highest BCUT2D eigenvalue weighted by Gasteiger charge is 2.22. The van der Waals surface area contributed by atoms with Gasteiger partial charge in [0.15, 0.2) is 6.10 Å². The monoisotopic (exact) mass is 466 g/mol. The summed E-state index contributed by atoms with van der Waals surface area (Å²) in [6, 6.07) is 0. The van der Waals surface area contributed by atoms with Gasteiger partial charge in [-0.05, 0) is 12.8 Å². The van der Waals surface area contributed by atoms with Gasteiger partial charge >= 0.3 is 19.8 Å². The molecule has 1 atom stereocenters. The molecule has 0 saturated heterocycles. The molecule has 0 aromatic heterocycles. The van der Waals surface area contributed by atoms with Crippen LogP contribution in [0.3, 0.4) is 0 Å². The Labute approximate surface area is 187 Å². The highest BCUT2D eigenvalue weighted by molar-refractivity contribution is 7.46. The Hall–Kier alpha value is -0.950. The third-order valence-corrected chi connectivity index (χ3v) is 5.36. The summed E-state index contributed by atoms with van der Waals surface area (Å²) in [5, 5.41) is 0. The van der Waals surface area contributed by atoms with Gasteiger partial charge in [0.2, 0.25) is 0 Å². The number of esters is 2. The topological polar surface area (TPSA) is 119 Å². The van der Waals surface area contributed by atoms with Crippen LogP contribution in [0.5, 0.6) is 0 Å². The minimum absolute atomic E-state index is 0.201. The Balaban J connectivity index is 4.03. The van der Waals surface area contributed by atoms with Crippen LogP contribution >= 0.6 is 7.82 Å². The third kappa shape index (κ3) is 22.0. The molecule has 0 amide bonds. The Kier molecular flexibility index (Phi) is 19.1. The van der Waals surface area contributed by atoms with Crippen LogP contribution in [0.15, 0.2) is 0 Å². The van der Waals surface area contributed by atoms with Gasteiger partial charge in [-0.25, -0.2) is 4.57 Å². The van der Waals surface area contributed by atoms with Gasteiger partial charge < -0.3 is 19.3 Å². The van der Waals surface area contributed by atoms with Gasteiger partial charge in [0, 0.05) is 12.8 Å². The molecular weight excluding hydrogens is 423 g/mol. The standard InChI is InChI=1S/C22H43O8P/c1-3-5-7-8-9-10-11-12-13-15-16-21(23)28-18-20(19-29-31(25,26)27)30-22(24)17-14-6-4-2/h20H,3-19H2,1-2H3,(H2,25,26,27)/t20-/m1/s1. The molecule has 0 aliphatic rings. The molecule has 0 bridgehead atoms. The van der Waals surface area contributed by atoms with Crippen LogP contribution in [0, 0.1) is 0 Å². The van der Waals surface area contributed by atoms with Crippen molar-refractivity contribution in [3.8, 4) is 0 Å². The lowest BCUT2D eigenvalue weighted by molar-refractivity contribution is -0.161. The number of unbranched alkanes of at least 4 members (excludes halogenated alkanes) is 11. The maximum atomic E-state index is 11.9. The molecule has 0 radical (unpaired) electrons. The van der Waals surface area contributed by atoms with E-state index >= 15 is 0 Å². The average Bonchev–Trinajstić information content (AvgIpc) is 2.71. The lowest BCUT2D eigenvalue weighted by Crippen LogP contribution is -2.29. The molecule has 0 unspecified atom stereocenters. The fourth-order valence-corrected chi connectivity index (χ4v) is 3.44. The number of phosphoric ester groups is 1. The van der Waals surface area contributed by atoms with Gasteiger partial charge in [-0.3, -0.25) is 14.1 Å². The molecule has 0 rings (SSSR count). The Bertz CT molecular complexity index is 506. The molecule has 0 saturated carbocycles. The van der Waals surface area contributed by atoms with Crippen molar-refractivity contribution >= 4 is 19.8 Å². The maximum Gasteiger partial charge on any atom is 0.469 e. The first kappa shape index (κ1) is 30.0. The first-order chi connectivity index (χ1) is 14.8. The molecule has 184 valence electrons. The van der Waals surface area contributed by atoms with E-state index in [1.807, 2.05) is 6.92 Å². The second-order valence-corrected chi connectivity index (χ2v) is 9.21. The second kappa shape index (κ2) is 19.7. The Morgan fingerprint density at radius 1 is 0.710 bits per heavy atom. The summed E-state index contributed by atoms with van der Waals surface area (Å²) in [5.41, 5.74) is 0. The summed E-state index contributed by atoms with van der Waals surface area (Å²) in [4.78, 5) is 41.5. The van der Waals surface area contributed by atoms with E-state index in [-0.39, 0.29) is 19.4 Å².